The summed E-state index contributed by atoms with van der Waals surface area (Å²) < 4.78 is 13.0. The van der Waals surface area contributed by atoms with Gasteiger partial charge in [0.25, 0.3) is 11.5 Å². The molecule has 0 saturated heterocycles. The van der Waals surface area contributed by atoms with E-state index in [1.807, 2.05) is 6.92 Å². The van der Waals surface area contributed by atoms with E-state index in [-0.39, 0.29) is 16.6 Å². The second kappa shape index (κ2) is 8.99. The highest BCUT2D eigenvalue weighted by atomic mass is 16.5. The summed E-state index contributed by atoms with van der Waals surface area (Å²) >= 11 is 0. The topological polar surface area (TPSA) is 104 Å². The Morgan fingerprint density at radius 2 is 1.82 bits per heavy atom. The Hall–Kier alpha value is -4.40. The van der Waals surface area contributed by atoms with Gasteiger partial charge >= 0.3 is 5.69 Å². The fourth-order valence-corrected chi connectivity index (χ4v) is 3.44. The first-order valence-corrected chi connectivity index (χ1v) is 10.2. The molecule has 0 fully saturated rings. The lowest BCUT2D eigenvalue weighted by atomic mass is 10.2. The summed E-state index contributed by atoms with van der Waals surface area (Å²) in [7, 11) is 2.93. The second-order valence-corrected chi connectivity index (χ2v) is 7.16. The summed E-state index contributed by atoms with van der Waals surface area (Å²) in [6.45, 7) is 2.30. The molecular formula is C24H22N4O5. The predicted octanol–water partition coefficient (Wildman–Crippen LogP) is 2.74. The van der Waals surface area contributed by atoms with Crippen LogP contribution in [0, 0.1) is 0 Å². The van der Waals surface area contributed by atoms with Crippen LogP contribution in [0.25, 0.3) is 16.7 Å². The molecule has 0 radical (unpaired) electrons. The van der Waals surface area contributed by atoms with E-state index in [0.29, 0.717) is 29.5 Å². The first-order valence-electron chi connectivity index (χ1n) is 10.2. The maximum Gasteiger partial charge on any atom is 0.337 e. The number of nitrogens with one attached hydrogen (secondary N) is 1. The van der Waals surface area contributed by atoms with Crippen molar-refractivity contribution in [3.8, 4) is 17.2 Å². The summed E-state index contributed by atoms with van der Waals surface area (Å²) in [5, 5.41) is 2.92. The number of rotatable bonds is 6. The number of hydrogen-bond acceptors (Lipinski definition) is 6. The third-order valence-corrected chi connectivity index (χ3v) is 5.12. The van der Waals surface area contributed by atoms with Crippen molar-refractivity contribution in [3.05, 3.63) is 87.2 Å². The molecule has 0 aliphatic heterocycles. The molecule has 2 aromatic heterocycles. The van der Waals surface area contributed by atoms with E-state index in [1.54, 1.807) is 55.6 Å². The number of pyridine rings is 1. The molecule has 168 valence electrons. The highest BCUT2D eigenvalue weighted by Crippen LogP contribution is 2.24. The number of fused-ring (bicyclic) bond motifs is 1. The van der Waals surface area contributed by atoms with Gasteiger partial charge in [-0.05, 0) is 49.4 Å². The Kier molecular flexibility index (Phi) is 5.95. The van der Waals surface area contributed by atoms with Crippen molar-refractivity contribution in [1.82, 2.24) is 14.1 Å². The van der Waals surface area contributed by atoms with Gasteiger partial charge in [-0.25, -0.2) is 14.3 Å². The molecule has 0 bridgehead atoms. The van der Waals surface area contributed by atoms with E-state index < -0.39 is 17.2 Å². The van der Waals surface area contributed by atoms with E-state index in [9.17, 15) is 14.4 Å². The molecule has 0 aliphatic carbocycles. The zero-order valence-electron chi connectivity index (χ0n) is 18.4. The molecule has 1 amide bonds. The van der Waals surface area contributed by atoms with Gasteiger partial charge in [0.2, 0.25) is 0 Å². The number of nitrogens with zero attached hydrogens (tertiary/aromatic N) is 3. The van der Waals surface area contributed by atoms with Gasteiger partial charge in [0.05, 0.1) is 36.0 Å². The molecule has 1 N–H and O–H groups in total. The van der Waals surface area contributed by atoms with E-state index >= 15 is 0 Å². The average Bonchev–Trinajstić information content (AvgIpc) is 2.84. The zero-order chi connectivity index (χ0) is 23.5. The minimum atomic E-state index is -0.548. The molecule has 9 nitrogen and oxygen atoms in total. The van der Waals surface area contributed by atoms with Crippen molar-refractivity contribution in [2.24, 2.45) is 7.05 Å². The smallest absolute Gasteiger partial charge is 0.337 e. The molecular weight excluding hydrogens is 424 g/mol. The van der Waals surface area contributed by atoms with Gasteiger partial charge < -0.3 is 14.8 Å². The van der Waals surface area contributed by atoms with Crippen LogP contribution in [-0.2, 0) is 7.05 Å². The number of aromatic nitrogens is 3. The molecule has 0 unspecified atom stereocenters. The molecule has 0 saturated carbocycles. The van der Waals surface area contributed by atoms with Gasteiger partial charge in [0, 0.05) is 13.2 Å². The number of benzene rings is 2. The second-order valence-electron chi connectivity index (χ2n) is 7.16. The van der Waals surface area contributed by atoms with Crippen LogP contribution in [0.2, 0.25) is 0 Å². The maximum absolute atomic E-state index is 12.9. The standard InChI is InChI=1S/C24H22N4O5/c1-4-33-20-8-6-5-7-19(20)26-22(29)15-13-18-21(25-14-15)28(24(31)27(2)23(18)30)16-9-11-17(32-3)12-10-16/h5-14H,4H2,1-3H3,(H,26,29). The number of ether oxygens (including phenoxy) is 2. The largest absolute Gasteiger partial charge is 0.497 e. The van der Waals surface area contributed by atoms with Gasteiger partial charge in [0.15, 0.2) is 5.65 Å². The molecule has 9 heteroatoms. The quantitative estimate of drug-likeness (QED) is 0.488. The van der Waals surface area contributed by atoms with Crippen LogP contribution in [0.1, 0.15) is 17.3 Å². The van der Waals surface area contributed by atoms with Gasteiger partial charge in [-0.1, -0.05) is 12.1 Å². The number of amides is 1. The number of carbonyl (C=O) groups is 1. The highest BCUT2D eigenvalue weighted by molar-refractivity contribution is 6.06. The summed E-state index contributed by atoms with van der Waals surface area (Å²) in [5.74, 6) is 0.701. The molecule has 0 atom stereocenters. The Bertz CT molecular complexity index is 1450. The van der Waals surface area contributed by atoms with Crippen molar-refractivity contribution in [3.63, 3.8) is 0 Å². The van der Waals surface area contributed by atoms with E-state index in [4.69, 9.17) is 9.47 Å². The number of carbonyl (C=O) groups excluding carboxylic acids is 1. The van der Waals surface area contributed by atoms with Gasteiger partial charge in [0.1, 0.15) is 11.5 Å². The SMILES string of the molecule is CCOc1ccccc1NC(=O)c1cnc2c(c1)c(=O)n(C)c(=O)n2-c1ccc(OC)cc1. The monoisotopic (exact) mass is 446 g/mol. The van der Waals surface area contributed by atoms with E-state index in [1.165, 1.54) is 23.9 Å². The number of methoxy groups -OCH3 is 1. The normalized spacial score (nSPS) is 10.8. The first-order chi connectivity index (χ1) is 15.9. The summed E-state index contributed by atoms with van der Waals surface area (Å²) in [6.07, 6.45) is 1.33. The van der Waals surface area contributed by atoms with Crippen LogP contribution >= 0.6 is 0 Å². The van der Waals surface area contributed by atoms with Crippen LogP contribution in [-0.4, -0.2) is 33.7 Å². The fraction of sp³-hybridized carbons (Fsp3) is 0.167. The van der Waals surface area contributed by atoms with Crippen LogP contribution in [0.5, 0.6) is 11.5 Å². The lowest BCUT2D eigenvalue weighted by molar-refractivity contribution is 0.102. The van der Waals surface area contributed by atoms with Crippen LogP contribution in [0.4, 0.5) is 5.69 Å². The van der Waals surface area contributed by atoms with Gasteiger partial charge in [-0.15, -0.1) is 0 Å². The molecule has 0 spiro atoms. The first kappa shape index (κ1) is 21.8. The van der Waals surface area contributed by atoms with Crippen molar-refractivity contribution in [2.75, 3.05) is 19.0 Å². The van der Waals surface area contributed by atoms with Gasteiger partial charge in [-0.3, -0.25) is 14.2 Å². The fourth-order valence-electron chi connectivity index (χ4n) is 3.44. The molecule has 4 rings (SSSR count). The number of anilines is 1. The molecule has 0 aliphatic rings. The Morgan fingerprint density at radius 1 is 1.09 bits per heavy atom. The average molecular weight is 446 g/mol. The van der Waals surface area contributed by atoms with Crippen molar-refractivity contribution < 1.29 is 14.3 Å². The molecule has 33 heavy (non-hydrogen) atoms. The maximum atomic E-state index is 12.9. The summed E-state index contributed by atoms with van der Waals surface area (Å²) in [5.41, 5.74) is 0.243. The molecule has 4 aromatic rings. The van der Waals surface area contributed by atoms with Crippen molar-refractivity contribution in [1.29, 1.82) is 0 Å². The van der Waals surface area contributed by atoms with Crippen LogP contribution in [0.15, 0.2) is 70.4 Å². The number of hydrogen-bond donors (Lipinski definition) is 1. The molecule has 2 heterocycles. The molecule has 2 aromatic carbocycles. The van der Waals surface area contributed by atoms with Crippen LogP contribution < -0.4 is 26.0 Å². The minimum absolute atomic E-state index is 0.138. The van der Waals surface area contributed by atoms with E-state index in [0.717, 1.165) is 4.57 Å². The minimum Gasteiger partial charge on any atom is -0.497 e. The zero-order valence-corrected chi connectivity index (χ0v) is 18.4. The Balaban J connectivity index is 1.80. The third-order valence-electron chi connectivity index (χ3n) is 5.12. The Morgan fingerprint density at radius 3 is 2.52 bits per heavy atom. The highest BCUT2D eigenvalue weighted by Gasteiger charge is 2.17. The van der Waals surface area contributed by atoms with Gasteiger partial charge in [-0.2, -0.15) is 0 Å². The van der Waals surface area contributed by atoms with Crippen molar-refractivity contribution >= 4 is 22.6 Å². The van der Waals surface area contributed by atoms with Crippen molar-refractivity contribution in [2.45, 2.75) is 6.92 Å². The summed E-state index contributed by atoms with van der Waals surface area (Å²) in [6, 6.07) is 15.3. The lowest BCUT2D eigenvalue weighted by Crippen LogP contribution is -2.38. The van der Waals surface area contributed by atoms with Crippen LogP contribution in [0.3, 0.4) is 0 Å². The third kappa shape index (κ3) is 4.08. The lowest BCUT2D eigenvalue weighted by Gasteiger charge is -2.13. The Labute approximate surface area is 188 Å². The number of para-hydroxylation sites is 2. The van der Waals surface area contributed by atoms with E-state index in [2.05, 4.69) is 10.3 Å². The predicted molar refractivity (Wildman–Crippen MR) is 125 cm³/mol. The summed E-state index contributed by atoms with van der Waals surface area (Å²) in [4.78, 5) is 42.9.